The highest BCUT2D eigenvalue weighted by Crippen LogP contribution is 2.52. The van der Waals surface area contributed by atoms with Crippen molar-refractivity contribution in [1.82, 2.24) is 0 Å². The molecule has 2 nitrogen and oxygen atoms in total. The molecule has 2 unspecified atom stereocenters. The van der Waals surface area contributed by atoms with Crippen LogP contribution in [-0.4, -0.2) is 66.7 Å². The van der Waals surface area contributed by atoms with Gasteiger partial charge in [-0.15, -0.1) is 23.2 Å². The van der Waals surface area contributed by atoms with Gasteiger partial charge < -0.3 is 0 Å². The van der Waals surface area contributed by atoms with E-state index in [0.29, 0.717) is 0 Å². The number of hydrogen-bond acceptors (Lipinski definition) is 2. The lowest BCUT2D eigenvalue weighted by Gasteiger charge is -2.36. The molecule has 0 saturated carbocycles. The van der Waals surface area contributed by atoms with Crippen molar-refractivity contribution >= 4 is 33.0 Å². The van der Waals surface area contributed by atoms with E-state index in [4.69, 9.17) is 23.2 Å². The van der Waals surface area contributed by atoms with E-state index in [9.17, 15) is 69.9 Å². The standard InChI is InChI=1S/C16H18Cl2F14O2S/c17-5-1-3-9(7-11(19,13(21,22)23)14(24,25)26)35(33,34)10(4-2-6-18)8-12(20,15(27,28)29)16(30,31)32/h9-10H,1-8H2. The van der Waals surface area contributed by atoms with Crippen LogP contribution in [0.15, 0.2) is 0 Å². The first-order chi connectivity index (χ1) is 15.3. The molecule has 2 atom stereocenters. The van der Waals surface area contributed by atoms with Crippen LogP contribution in [0.5, 0.6) is 0 Å². The topological polar surface area (TPSA) is 34.1 Å². The summed E-state index contributed by atoms with van der Waals surface area (Å²) in [7, 11) is -5.91. The molecule has 0 bridgehead atoms. The maximum absolute atomic E-state index is 14.2. The van der Waals surface area contributed by atoms with E-state index in [1.807, 2.05) is 0 Å². The molecule has 0 amide bonds. The number of sulfone groups is 1. The molecule has 0 aliphatic carbocycles. The van der Waals surface area contributed by atoms with Crippen LogP contribution in [0.4, 0.5) is 61.5 Å². The van der Waals surface area contributed by atoms with Crippen molar-refractivity contribution in [3.05, 3.63) is 0 Å². The molecule has 0 aromatic carbocycles. The third kappa shape index (κ3) is 7.77. The minimum absolute atomic E-state index is 0.631. The van der Waals surface area contributed by atoms with Gasteiger partial charge in [-0.3, -0.25) is 0 Å². The van der Waals surface area contributed by atoms with Gasteiger partial charge >= 0.3 is 24.7 Å². The third-order valence-corrected chi connectivity index (χ3v) is 8.26. The second kappa shape index (κ2) is 11.5. The summed E-state index contributed by atoms with van der Waals surface area (Å²) >= 11 is 10.5. The smallest absolute Gasteiger partial charge is 0.228 e. The van der Waals surface area contributed by atoms with E-state index in [0.717, 1.165) is 0 Å². The normalized spacial score (nSPS) is 16.9. The van der Waals surface area contributed by atoms with Gasteiger partial charge in [0.15, 0.2) is 9.84 Å². The molecule has 0 rings (SSSR count). The molecule has 0 heterocycles. The van der Waals surface area contributed by atoms with Crippen LogP contribution in [0.1, 0.15) is 38.5 Å². The Morgan fingerprint density at radius 1 is 0.514 bits per heavy atom. The summed E-state index contributed by atoms with van der Waals surface area (Å²) < 4.78 is 210. The first-order valence-corrected chi connectivity index (χ1v) is 12.0. The predicted molar refractivity (Wildman–Crippen MR) is 97.5 cm³/mol. The summed E-state index contributed by atoms with van der Waals surface area (Å²) in [6, 6.07) is 0. The van der Waals surface area contributed by atoms with E-state index in [1.54, 1.807) is 0 Å². The molecular formula is C16H18Cl2F14O2S. The van der Waals surface area contributed by atoms with E-state index in [-0.39, 0.29) is 0 Å². The molecule has 0 radical (unpaired) electrons. The highest BCUT2D eigenvalue weighted by Gasteiger charge is 2.75. The van der Waals surface area contributed by atoms with Gasteiger partial charge in [0.2, 0.25) is 0 Å². The van der Waals surface area contributed by atoms with Crippen LogP contribution >= 0.6 is 23.2 Å². The fraction of sp³-hybridized carbons (Fsp3) is 1.00. The van der Waals surface area contributed by atoms with E-state index in [2.05, 4.69) is 0 Å². The van der Waals surface area contributed by atoms with E-state index < -0.39 is 107 Å². The van der Waals surface area contributed by atoms with Crippen LogP contribution in [0.2, 0.25) is 0 Å². The molecule has 0 saturated heterocycles. The van der Waals surface area contributed by atoms with Gasteiger partial charge in [-0.2, -0.15) is 52.7 Å². The molecule has 35 heavy (non-hydrogen) atoms. The second-order valence-electron chi connectivity index (χ2n) is 7.50. The number of alkyl halides is 16. The van der Waals surface area contributed by atoms with Gasteiger partial charge in [0.25, 0.3) is 11.3 Å². The monoisotopic (exact) mass is 610 g/mol. The largest absolute Gasteiger partial charge is 0.431 e. The molecule has 0 spiro atoms. The maximum Gasteiger partial charge on any atom is 0.431 e. The Kier molecular flexibility index (Phi) is 11.4. The van der Waals surface area contributed by atoms with Gasteiger partial charge in [0.1, 0.15) is 0 Å². The number of rotatable bonds is 12. The SMILES string of the molecule is O=S(=O)(C(CCCCl)CC(F)(C(F)(F)F)C(F)(F)F)C(CCCCl)CC(F)(C(F)(F)F)C(F)(F)F. The minimum atomic E-state index is -6.77. The van der Waals surface area contributed by atoms with Gasteiger partial charge in [-0.25, -0.2) is 17.2 Å². The number of halogens is 16. The molecule has 19 heteroatoms. The van der Waals surface area contributed by atoms with Crippen molar-refractivity contribution in [3.63, 3.8) is 0 Å². The van der Waals surface area contributed by atoms with E-state index in [1.165, 1.54) is 0 Å². The quantitative estimate of drug-likeness (QED) is 0.168. The van der Waals surface area contributed by atoms with Crippen molar-refractivity contribution in [2.24, 2.45) is 0 Å². The third-order valence-electron chi connectivity index (χ3n) is 5.06. The highest BCUT2D eigenvalue weighted by atomic mass is 35.5. The first kappa shape index (κ1) is 34.6. The molecule has 0 aliphatic heterocycles. The number of hydrogen-bond donors (Lipinski definition) is 0. The Bertz CT molecular complexity index is 687. The van der Waals surface area contributed by atoms with Gasteiger partial charge in [-0.1, -0.05) is 0 Å². The maximum atomic E-state index is 14.2. The lowest BCUT2D eigenvalue weighted by molar-refractivity contribution is -0.343. The minimum Gasteiger partial charge on any atom is -0.228 e. The molecule has 0 N–H and O–H groups in total. The zero-order chi connectivity index (χ0) is 28.3. The van der Waals surface area contributed by atoms with Crippen molar-refractivity contribution in [2.75, 3.05) is 11.8 Å². The summed E-state index contributed by atoms with van der Waals surface area (Å²) in [5.41, 5.74) is -12.4. The molecule has 212 valence electrons. The van der Waals surface area contributed by atoms with E-state index >= 15 is 0 Å². The van der Waals surface area contributed by atoms with Crippen LogP contribution in [0.25, 0.3) is 0 Å². The summed E-state index contributed by atoms with van der Waals surface area (Å²) in [6.07, 6.45) is -37.0. The average Bonchev–Trinajstić information content (AvgIpc) is 2.63. The van der Waals surface area contributed by atoms with Crippen molar-refractivity contribution in [1.29, 1.82) is 0 Å². The Morgan fingerprint density at radius 2 is 0.743 bits per heavy atom. The molecule has 0 aromatic heterocycles. The second-order valence-corrected chi connectivity index (χ2v) is 10.8. The summed E-state index contributed by atoms with van der Waals surface area (Å²) in [4.78, 5) is 0. The Balaban J connectivity index is 6.79. The predicted octanol–water partition coefficient (Wildman–Crippen LogP) is 7.62. The lowest BCUT2D eigenvalue weighted by Crippen LogP contribution is -2.58. The first-order valence-electron chi connectivity index (χ1n) is 9.33. The fourth-order valence-corrected chi connectivity index (χ4v) is 5.83. The summed E-state index contributed by atoms with van der Waals surface area (Å²) in [6.45, 7) is 0. The highest BCUT2D eigenvalue weighted by molar-refractivity contribution is 7.92. The lowest BCUT2D eigenvalue weighted by atomic mass is 9.95. The molecule has 0 aliphatic rings. The van der Waals surface area contributed by atoms with Crippen LogP contribution in [0.3, 0.4) is 0 Å². The van der Waals surface area contributed by atoms with Crippen molar-refractivity contribution in [2.45, 2.75) is 85.1 Å². The van der Waals surface area contributed by atoms with Gasteiger partial charge in [0.05, 0.1) is 10.5 Å². The summed E-state index contributed by atoms with van der Waals surface area (Å²) in [5, 5.41) is -6.25. The fourth-order valence-electron chi connectivity index (χ4n) is 3.06. The van der Waals surface area contributed by atoms with Crippen LogP contribution < -0.4 is 0 Å². The Hall–Kier alpha value is -0.450. The van der Waals surface area contributed by atoms with Crippen LogP contribution in [0, 0.1) is 0 Å². The molecule has 0 fully saturated rings. The summed E-state index contributed by atoms with van der Waals surface area (Å²) in [5.74, 6) is -1.26. The Labute approximate surface area is 200 Å². The van der Waals surface area contributed by atoms with Crippen LogP contribution in [-0.2, 0) is 9.84 Å². The molecular weight excluding hydrogens is 593 g/mol. The molecule has 0 aromatic rings. The van der Waals surface area contributed by atoms with Crippen molar-refractivity contribution < 1.29 is 69.9 Å². The van der Waals surface area contributed by atoms with Crippen molar-refractivity contribution in [3.8, 4) is 0 Å². The average molecular weight is 611 g/mol. The van der Waals surface area contributed by atoms with Gasteiger partial charge in [-0.05, 0) is 25.7 Å². The Morgan fingerprint density at radius 3 is 0.914 bits per heavy atom. The van der Waals surface area contributed by atoms with Gasteiger partial charge in [0, 0.05) is 24.6 Å². The zero-order valence-corrected chi connectivity index (χ0v) is 19.4. The zero-order valence-electron chi connectivity index (χ0n) is 17.1.